The normalized spacial score (nSPS) is 11.3. The number of nitrogens with two attached hydrogens (primary N) is 1. The van der Waals surface area contributed by atoms with Gasteiger partial charge in [-0.3, -0.25) is 4.72 Å². The molecule has 2 aromatic rings. The first kappa shape index (κ1) is 14.9. The number of rotatable bonds is 4. The maximum absolute atomic E-state index is 12.5. The number of benzene rings is 1. The minimum absolute atomic E-state index is 0.0804. The summed E-state index contributed by atoms with van der Waals surface area (Å²) in [5, 5.41) is 9.04. The molecule has 21 heavy (non-hydrogen) atoms. The first-order valence-corrected chi connectivity index (χ1v) is 7.52. The number of nitrogen functional groups attached to an aromatic ring is 1. The van der Waals surface area contributed by atoms with Gasteiger partial charge in [0.15, 0.2) is 0 Å². The second-order valence-electron chi connectivity index (χ2n) is 4.58. The van der Waals surface area contributed by atoms with Crippen LogP contribution in [0.5, 0.6) is 0 Å². The predicted octanol–water partition coefficient (Wildman–Crippen LogP) is 1.71. The first-order chi connectivity index (χ1) is 9.74. The molecule has 0 saturated carbocycles. The van der Waals surface area contributed by atoms with Crippen LogP contribution in [0.2, 0.25) is 0 Å². The SMILES string of the molecule is Cc1[nH]c(C(=O)O)c(C)c1S(=O)(=O)Nc1ccccc1N. The zero-order chi connectivity index (χ0) is 15.8. The van der Waals surface area contributed by atoms with Crippen molar-refractivity contribution in [1.82, 2.24) is 4.98 Å². The standard InChI is InChI=1S/C13H15N3O4S/c1-7-11(13(17)18)15-8(2)12(7)21(19,20)16-10-6-4-3-5-9(10)14/h3-6,15-16H,14H2,1-2H3,(H,17,18). The van der Waals surface area contributed by atoms with Crippen molar-refractivity contribution in [3.8, 4) is 0 Å². The first-order valence-electron chi connectivity index (χ1n) is 6.04. The minimum Gasteiger partial charge on any atom is -0.477 e. The number of anilines is 2. The number of aromatic nitrogens is 1. The Kier molecular flexibility index (Phi) is 3.65. The molecule has 0 unspecified atom stereocenters. The van der Waals surface area contributed by atoms with Crippen molar-refractivity contribution < 1.29 is 18.3 Å². The zero-order valence-electron chi connectivity index (χ0n) is 11.5. The van der Waals surface area contributed by atoms with E-state index in [1.54, 1.807) is 18.2 Å². The van der Waals surface area contributed by atoms with Crippen LogP contribution in [-0.4, -0.2) is 24.5 Å². The molecular weight excluding hydrogens is 294 g/mol. The van der Waals surface area contributed by atoms with Crippen molar-refractivity contribution in [2.75, 3.05) is 10.5 Å². The molecule has 0 aliphatic carbocycles. The van der Waals surface area contributed by atoms with Gasteiger partial charge >= 0.3 is 5.97 Å². The zero-order valence-corrected chi connectivity index (χ0v) is 12.3. The highest BCUT2D eigenvalue weighted by Gasteiger charge is 2.26. The molecule has 0 spiro atoms. The third kappa shape index (κ3) is 2.70. The number of carbonyl (C=O) groups is 1. The fraction of sp³-hybridized carbons (Fsp3) is 0.154. The van der Waals surface area contributed by atoms with E-state index in [9.17, 15) is 13.2 Å². The number of H-pyrrole nitrogens is 1. The number of hydrogen-bond acceptors (Lipinski definition) is 4. The van der Waals surface area contributed by atoms with Gasteiger partial charge in [0.05, 0.1) is 11.4 Å². The quantitative estimate of drug-likeness (QED) is 0.640. The van der Waals surface area contributed by atoms with Gasteiger partial charge < -0.3 is 15.8 Å². The lowest BCUT2D eigenvalue weighted by molar-refractivity contribution is 0.0690. The molecule has 0 aliphatic rings. The van der Waals surface area contributed by atoms with E-state index < -0.39 is 16.0 Å². The highest BCUT2D eigenvalue weighted by molar-refractivity contribution is 7.92. The smallest absolute Gasteiger partial charge is 0.352 e. The second kappa shape index (κ2) is 5.13. The molecule has 112 valence electrons. The van der Waals surface area contributed by atoms with Gasteiger partial charge in [0.25, 0.3) is 10.0 Å². The Morgan fingerprint density at radius 1 is 1.29 bits per heavy atom. The van der Waals surface area contributed by atoms with Crippen molar-refractivity contribution in [1.29, 1.82) is 0 Å². The number of sulfonamides is 1. The van der Waals surface area contributed by atoms with E-state index in [2.05, 4.69) is 9.71 Å². The fourth-order valence-electron chi connectivity index (χ4n) is 2.14. The van der Waals surface area contributed by atoms with Crippen LogP contribution in [0.1, 0.15) is 21.7 Å². The molecular formula is C13H15N3O4S. The van der Waals surface area contributed by atoms with E-state index in [0.717, 1.165) is 0 Å². The number of carboxylic acid groups (broad SMARTS) is 1. The second-order valence-corrected chi connectivity index (χ2v) is 6.20. The molecule has 0 atom stereocenters. The highest BCUT2D eigenvalue weighted by Crippen LogP contribution is 2.27. The third-order valence-corrected chi connectivity index (χ3v) is 4.69. The van der Waals surface area contributed by atoms with Crippen LogP contribution < -0.4 is 10.5 Å². The van der Waals surface area contributed by atoms with Gasteiger partial charge in [0.2, 0.25) is 0 Å². The number of para-hydroxylation sites is 2. The van der Waals surface area contributed by atoms with Crippen LogP contribution in [0, 0.1) is 13.8 Å². The molecule has 7 nitrogen and oxygen atoms in total. The lowest BCUT2D eigenvalue weighted by Crippen LogP contribution is -2.15. The number of carboxylic acids is 1. The lowest BCUT2D eigenvalue weighted by Gasteiger charge is -2.10. The number of hydrogen-bond donors (Lipinski definition) is 4. The molecule has 0 saturated heterocycles. The number of nitrogens with one attached hydrogen (secondary N) is 2. The van der Waals surface area contributed by atoms with Crippen LogP contribution in [-0.2, 0) is 10.0 Å². The van der Waals surface area contributed by atoms with Gasteiger partial charge in [-0.15, -0.1) is 0 Å². The Hall–Kier alpha value is -2.48. The van der Waals surface area contributed by atoms with Gasteiger partial charge in [-0.2, -0.15) is 0 Å². The molecule has 5 N–H and O–H groups in total. The van der Waals surface area contributed by atoms with Crippen molar-refractivity contribution in [3.05, 3.63) is 41.2 Å². The highest BCUT2D eigenvalue weighted by atomic mass is 32.2. The fourth-order valence-corrected chi connectivity index (χ4v) is 3.67. The van der Waals surface area contributed by atoms with E-state index >= 15 is 0 Å². The maximum Gasteiger partial charge on any atom is 0.352 e. The van der Waals surface area contributed by atoms with E-state index in [1.165, 1.54) is 19.9 Å². The summed E-state index contributed by atoms with van der Waals surface area (Å²) in [4.78, 5) is 13.5. The average Bonchev–Trinajstić information content (AvgIpc) is 2.68. The molecule has 0 radical (unpaired) electrons. The molecule has 1 heterocycles. The van der Waals surface area contributed by atoms with Crippen LogP contribution in [0.15, 0.2) is 29.2 Å². The number of aromatic amines is 1. The van der Waals surface area contributed by atoms with Crippen LogP contribution in [0.4, 0.5) is 11.4 Å². The largest absolute Gasteiger partial charge is 0.477 e. The average molecular weight is 309 g/mol. The van der Waals surface area contributed by atoms with E-state index in [-0.39, 0.29) is 33.2 Å². The molecule has 1 aromatic carbocycles. The Morgan fingerprint density at radius 2 is 1.90 bits per heavy atom. The molecule has 8 heteroatoms. The summed E-state index contributed by atoms with van der Waals surface area (Å²) in [6.45, 7) is 2.94. The van der Waals surface area contributed by atoms with Gasteiger partial charge in [-0.05, 0) is 26.0 Å². The molecule has 2 rings (SSSR count). The third-order valence-electron chi connectivity index (χ3n) is 3.06. The summed E-state index contributed by atoms with van der Waals surface area (Å²) in [6.07, 6.45) is 0. The number of aromatic carboxylic acids is 1. The summed E-state index contributed by atoms with van der Waals surface area (Å²) < 4.78 is 27.3. The molecule has 0 fully saturated rings. The van der Waals surface area contributed by atoms with Crippen LogP contribution >= 0.6 is 0 Å². The summed E-state index contributed by atoms with van der Waals surface area (Å²) in [5.41, 5.74) is 6.50. The van der Waals surface area contributed by atoms with Crippen molar-refractivity contribution >= 4 is 27.4 Å². The van der Waals surface area contributed by atoms with Gasteiger partial charge in [0.1, 0.15) is 10.6 Å². The summed E-state index contributed by atoms with van der Waals surface area (Å²) in [5.74, 6) is -1.21. The Balaban J connectivity index is 2.51. The van der Waals surface area contributed by atoms with E-state index in [0.29, 0.717) is 0 Å². The minimum atomic E-state index is -3.93. The van der Waals surface area contributed by atoms with Gasteiger partial charge in [-0.1, -0.05) is 12.1 Å². The van der Waals surface area contributed by atoms with Crippen molar-refractivity contribution in [2.24, 2.45) is 0 Å². The summed E-state index contributed by atoms with van der Waals surface area (Å²) >= 11 is 0. The summed E-state index contributed by atoms with van der Waals surface area (Å²) in [7, 11) is -3.93. The Labute approximate surface area is 121 Å². The molecule has 1 aromatic heterocycles. The van der Waals surface area contributed by atoms with Crippen molar-refractivity contribution in [2.45, 2.75) is 18.7 Å². The van der Waals surface area contributed by atoms with E-state index in [4.69, 9.17) is 10.8 Å². The maximum atomic E-state index is 12.5. The topological polar surface area (TPSA) is 125 Å². The van der Waals surface area contributed by atoms with Crippen LogP contribution in [0.25, 0.3) is 0 Å². The summed E-state index contributed by atoms with van der Waals surface area (Å²) in [6, 6.07) is 6.43. The van der Waals surface area contributed by atoms with Crippen molar-refractivity contribution in [3.63, 3.8) is 0 Å². The number of aryl methyl sites for hydroxylation is 1. The predicted molar refractivity (Wildman–Crippen MR) is 78.9 cm³/mol. The van der Waals surface area contributed by atoms with Gasteiger partial charge in [-0.25, -0.2) is 13.2 Å². The Bertz CT molecular complexity index is 809. The molecule has 0 amide bonds. The lowest BCUT2D eigenvalue weighted by atomic mass is 10.2. The van der Waals surface area contributed by atoms with E-state index in [1.807, 2.05) is 0 Å². The van der Waals surface area contributed by atoms with Gasteiger partial charge in [0, 0.05) is 11.3 Å². The molecule has 0 aliphatic heterocycles. The molecule has 0 bridgehead atoms. The Morgan fingerprint density at radius 3 is 2.43 bits per heavy atom. The van der Waals surface area contributed by atoms with Crippen LogP contribution in [0.3, 0.4) is 0 Å². The monoisotopic (exact) mass is 309 g/mol.